The summed E-state index contributed by atoms with van der Waals surface area (Å²) in [6.45, 7) is 2.67. The van der Waals surface area contributed by atoms with Gasteiger partial charge >= 0.3 is 0 Å². The van der Waals surface area contributed by atoms with E-state index >= 15 is 0 Å². The molecular formula is C13H18N2O. The van der Waals surface area contributed by atoms with E-state index < -0.39 is 0 Å². The zero-order chi connectivity index (χ0) is 12.0. The van der Waals surface area contributed by atoms with Gasteiger partial charge in [-0.1, -0.05) is 19.3 Å². The Labute approximate surface area is 97.1 Å². The van der Waals surface area contributed by atoms with Gasteiger partial charge in [0.2, 0.25) is 0 Å². The van der Waals surface area contributed by atoms with Gasteiger partial charge in [-0.05, 0) is 24.1 Å². The Morgan fingerprint density at radius 2 is 2.25 bits per heavy atom. The minimum Gasteiger partial charge on any atom is -0.392 e. The van der Waals surface area contributed by atoms with Crippen molar-refractivity contribution >= 4 is 5.82 Å². The maximum absolute atomic E-state index is 9.18. The Morgan fingerprint density at radius 3 is 2.81 bits per heavy atom. The number of terminal acetylenes is 1. The molecule has 3 heteroatoms. The van der Waals surface area contributed by atoms with E-state index in [9.17, 15) is 5.11 Å². The number of aryl methyl sites for hydroxylation is 1. The maximum atomic E-state index is 9.18. The van der Waals surface area contributed by atoms with Crippen LogP contribution in [0.25, 0.3) is 0 Å². The normalized spacial score (nSPS) is 9.88. The van der Waals surface area contributed by atoms with E-state index in [1.54, 1.807) is 0 Å². The molecule has 1 N–H and O–H groups in total. The number of hydrogen-bond acceptors (Lipinski definition) is 3. The monoisotopic (exact) mass is 218 g/mol. The lowest BCUT2D eigenvalue weighted by Gasteiger charge is -2.17. The molecule has 1 aromatic heterocycles. The molecule has 0 bridgehead atoms. The number of aliphatic hydroxyl groups is 1. The Morgan fingerprint density at radius 1 is 1.50 bits per heavy atom. The summed E-state index contributed by atoms with van der Waals surface area (Å²) < 4.78 is 0. The Balaban J connectivity index is 2.99. The first-order valence-electron chi connectivity index (χ1n) is 5.46. The first-order valence-corrected chi connectivity index (χ1v) is 5.46. The second-order valence-electron chi connectivity index (χ2n) is 3.79. The molecule has 3 nitrogen and oxygen atoms in total. The number of hydrogen-bond donors (Lipinski definition) is 1. The van der Waals surface area contributed by atoms with Crippen molar-refractivity contribution in [3.8, 4) is 12.3 Å². The summed E-state index contributed by atoms with van der Waals surface area (Å²) >= 11 is 0. The van der Waals surface area contributed by atoms with Gasteiger partial charge in [-0.15, -0.1) is 6.42 Å². The van der Waals surface area contributed by atoms with Crippen LogP contribution in [0.4, 0.5) is 5.82 Å². The highest BCUT2D eigenvalue weighted by Gasteiger charge is 2.05. The number of aromatic nitrogens is 1. The largest absolute Gasteiger partial charge is 0.392 e. The molecule has 0 spiro atoms. The Kier molecular flexibility index (Phi) is 4.81. The summed E-state index contributed by atoms with van der Waals surface area (Å²) in [4.78, 5) is 6.41. The average Bonchev–Trinajstić information content (AvgIpc) is 2.29. The lowest BCUT2D eigenvalue weighted by molar-refractivity contribution is 0.281. The summed E-state index contributed by atoms with van der Waals surface area (Å²) in [7, 11) is 1.90. The van der Waals surface area contributed by atoms with E-state index in [4.69, 9.17) is 6.42 Å². The molecular weight excluding hydrogens is 200 g/mol. The quantitative estimate of drug-likeness (QED) is 0.763. The van der Waals surface area contributed by atoms with Gasteiger partial charge in [-0.2, -0.15) is 0 Å². The van der Waals surface area contributed by atoms with Crippen LogP contribution < -0.4 is 4.90 Å². The van der Waals surface area contributed by atoms with Crippen molar-refractivity contribution in [3.63, 3.8) is 0 Å². The van der Waals surface area contributed by atoms with Crippen LogP contribution in [0.3, 0.4) is 0 Å². The summed E-state index contributed by atoms with van der Waals surface area (Å²) in [5.74, 6) is 3.41. The van der Waals surface area contributed by atoms with Crippen LogP contribution in [0.15, 0.2) is 12.1 Å². The van der Waals surface area contributed by atoms with Crippen molar-refractivity contribution in [3.05, 3.63) is 23.4 Å². The fraction of sp³-hybridized carbons (Fsp3) is 0.462. The standard InChI is InChI=1S/C13H18N2O/c1-4-6-12-8-11(10-16)9-13(14-12)15(3)7-5-2/h2,8-9,16H,4,6-7,10H2,1,3H3. The van der Waals surface area contributed by atoms with E-state index in [1.807, 2.05) is 24.1 Å². The van der Waals surface area contributed by atoms with Crippen LogP contribution in [0, 0.1) is 12.3 Å². The van der Waals surface area contributed by atoms with Gasteiger partial charge in [0.05, 0.1) is 13.2 Å². The van der Waals surface area contributed by atoms with Gasteiger partial charge < -0.3 is 10.0 Å². The Hall–Kier alpha value is -1.53. The van der Waals surface area contributed by atoms with Gasteiger partial charge in [-0.25, -0.2) is 4.98 Å². The van der Waals surface area contributed by atoms with Crippen molar-refractivity contribution in [2.24, 2.45) is 0 Å². The number of rotatable bonds is 5. The smallest absolute Gasteiger partial charge is 0.129 e. The molecule has 0 atom stereocenters. The highest BCUT2D eigenvalue weighted by atomic mass is 16.3. The summed E-state index contributed by atoms with van der Waals surface area (Å²) in [6.07, 6.45) is 7.23. The van der Waals surface area contributed by atoms with Gasteiger partial charge in [-0.3, -0.25) is 0 Å². The van der Waals surface area contributed by atoms with E-state index in [-0.39, 0.29) is 6.61 Å². The van der Waals surface area contributed by atoms with Crippen LogP contribution in [0.5, 0.6) is 0 Å². The molecule has 16 heavy (non-hydrogen) atoms. The molecule has 0 radical (unpaired) electrons. The summed E-state index contributed by atoms with van der Waals surface area (Å²) in [6, 6.07) is 3.81. The predicted molar refractivity (Wildman–Crippen MR) is 66.3 cm³/mol. The van der Waals surface area contributed by atoms with Crippen LogP contribution in [0.2, 0.25) is 0 Å². The SMILES string of the molecule is C#CCN(C)c1cc(CO)cc(CCC)n1. The van der Waals surface area contributed by atoms with Crippen LogP contribution in [-0.4, -0.2) is 23.7 Å². The van der Waals surface area contributed by atoms with Crippen molar-refractivity contribution in [1.82, 2.24) is 4.98 Å². The van der Waals surface area contributed by atoms with E-state index in [2.05, 4.69) is 17.8 Å². The molecule has 0 aliphatic rings. The average molecular weight is 218 g/mol. The lowest BCUT2D eigenvalue weighted by atomic mass is 10.1. The second-order valence-corrected chi connectivity index (χ2v) is 3.79. The third-order valence-electron chi connectivity index (χ3n) is 2.33. The van der Waals surface area contributed by atoms with Gasteiger partial charge in [0.15, 0.2) is 0 Å². The van der Waals surface area contributed by atoms with Gasteiger partial charge in [0.25, 0.3) is 0 Å². The van der Waals surface area contributed by atoms with Crippen LogP contribution >= 0.6 is 0 Å². The number of nitrogens with zero attached hydrogens (tertiary/aromatic N) is 2. The molecule has 1 rings (SSSR count). The molecule has 0 unspecified atom stereocenters. The van der Waals surface area contributed by atoms with Gasteiger partial charge in [0, 0.05) is 12.7 Å². The minimum atomic E-state index is 0.0378. The third-order valence-corrected chi connectivity index (χ3v) is 2.33. The molecule has 86 valence electrons. The van der Waals surface area contributed by atoms with Crippen LogP contribution in [-0.2, 0) is 13.0 Å². The van der Waals surface area contributed by atoms with Gasteiger partial charge in [0.1, 0.15) is 5.82 Å². The zero-order valence-electron chi connectivity index (χ0n) is 9.90. The predicted octanol–water partition coefficient (Wildman–Crippen LogP) is 1.60. The van der Waals surface area contributed by atoms with E-state index in [0.717, 1.165) is 29.9 Å². The maximum Gasteiger partial charge on any atom is 0.129 e. The fourth-order valence-corrected chi connectivity index (χ4v) is 1.52. The number of pyridine rings is 1. The third kappa shape index (κ3) is 3.25. The van der Waals surface area contributed by atoms with E-state index in [1.165, 1.54) is 0 Å². The van der Waals surface area contributed by atoms with Crippen molar-refractivity contribution in [2.45, 2.75) is 26.4 Å². The summed E-state index contributed by atoms with van der Waals surface area (Å²) in [5.41, 5.74) is 1.89. The van der Waals surface area contributed by atoms with Crippen molar-refractivity contribution in [2.75, 3.05) is 18.5 Å². The molecule has 0 aromatic carbocycles. The fourth-order valence-electron chi connectivity index (χ4n) is 1.52. The zero-order valence-corrected chi connectivity index (χ0v) is 9.90. The molecule has 0 amide bonds. The first-order chi connectivity index (χ1) is 7.71. The lowest BCUT2D eigenvalue weighted by Crippen LogP contribution is -2.19. The second kappa shape index (κ2) is 6.14. The molecule has 0 aliphatic carbocycles. The highest BCUT2D eigenvalue weighted by Crippen LogP contribution is 2.15. The van der Waals surface area contributed by atoms with Crippen LogP contribution in [0.1, 0.15) is 24.6 Å². The van der Waals surface area contributed by atoms with E-state index in [0.29, 0.717) is 6.54 Å². The van der Waals surface area contributed by atoms with Crippen molar-refractivity contribution in [1.29, 1.82) is 0 Å². The molecule has 1 aromatic rings. The number of aliphatic hydroxyl groups excluding tert-OH is 1. The molecule has 0 fully saturated rings. The molecule has 0 saturated heterocycles. The molecule has 0 saturated carbocycles. The molecule has 0 aliphatic heterocycles. The molecule has 1 heterocycles. The highest BCUT2D eigenvalue weighted by molar-refractivity contribution is 5.43. The minimum absolute atomic E-state index is 0.0378. The van der Waals surface area contributed by atoms with Crippen molar-refractivity contribution < 1.29 is 5.11 Å². The first kappa shape index (κ1) is 12.5. The summed E-state index contributed by atoms with van der Waals surface area (Å²) in [5, 5.41) is 9.18. The topological polar surface area (TPSA) is 36.4 Å². The number of anilines is 1. The Bertz CT molecular complexity index is 382.